The maximum absolute atomic E-state index is 11.7. The van der Waals surface area contributed by atoms with Gasteiger partial charge in [0, 0.05) is 6.07 Å². The molecule has 0 aliphatic heterocycles. The summed E-state index contributed by atoms with van der Waals surface area (Å²) in [5.41, 5.74) is -0.161. The number of nitro groups is 1. The van der Waals surface area contributed by atoms with Crippen molar-refractivity contribution in [1.82, 2.24) is 19.9 Å². The highest BCUT2D eigenvalue weighted by atomic mass is 32.2. The number of aromatic nitrogens is 3. The van der Waals surface area contributed by atoms with Crippen LogP contribution in [0.1, 0.15) is 18.8 Å². The first kappa shape index (κ1) is 15.9. The molecule has 0 saturated heterocycles. The lowest BCUT2D eigenvalue weighted by atomic mass is 10.2. The molecule has 1 unspecified atom stereocenters. The molecule has 1 atom stereocenters. The average molecular weight is 326 g/mol. The van der Waals surface area contributed by atoms with Crippen molar-refractivity contribution >= 4 is 21.4 Å². The fourth-order valence-corrected chi connectivity index (χ4v) is 2.54. The Morgan fingerprint density at radius 3 is 2.68 bits per heavy atom. The SMILES string of the molecule is CNS(=O)(=O)c1ccc(NC(C)c2ncn[nH]2)c([N+](=O)[O-])c1. The third kappa shape index (κ3) is 3.20. The zero-order chi connectivity index (χ0) is 16.3. The predicted octanol–water partition coefficient (Wildman–Crippen LogP) is 0.794. The Hall–Kier alpha value is -2.53. The molecule has 22 heavy (non-hydrogen) atoms. The number of sulfonamides is 1. The van der Waals surface area contributed by atoms with Gasteiger partial charge in [0.2, 0.25) is 10.0 Å². The van der Waals surface area contributed by atoms with E-state index in [1.54, 1.807) is 6.92 Å². The topological polar surface area (TPSA) is 143 Å². The predicted molar refractivity (Wildman–Crippen MR) is 77.8 cm³/mol. The summed E-state index contributed by atoms with van der Waals surface area (Å²) >= 11 is 0. The molecule has 1 aromatic carbocycles. The zero-order valence-corrected chi connectivity index (χ0v) is 12.6. The van der Waals surface area contributed by atoms with E-state index in [0.717, 1.165) is 6.07 Å². The minimum absolute atomic E-state index is 0.181. The lowest BCUT2D eigenvalue weighted by molar-refractivity contribution is -0.384. The lowest BCUT2D eigenvalue weighted by Gasteiger charge is -2.13. The van der Waals surface area contributed by atoms with Crippen LogP contribution in [0.15, 0.2) is 29.4 Å². The number of hydrogen-bond donors (Lipinski definition) is 3. The fraction of sp³-hybridized carbons (Fsp3) is 0.273. The average Bonchev–Trinajstić information content (AvgIpc) is 3.01. The fourth-order valence-electron chi connectivity index (χ4n) is 1.79. The molecule has 0 bridgehead atoms. The minimum atomic E-state index is -3.75. The molecule has 0 radical (unpaired) electrons. The Labute approximate surface area is 126 Å². The number of aromatic amines is 1. The van der Waals surface area contributed by atoms with E-state index in [-0.39, 0.29) is 22.3 Å². The van der Waals surface area contributed by atoms with Gasteiger partial charge in [0.25, 0.3) is 5.69 Å². The molecule has 1 aromatic heterocycles. The van der Waals surface area contributed by atoms with E-state index in [2.05, 4.69) is 25.2 Å². The molecule has 0 saturated carbocycles. The number of nitrogens with zero attached hydrogens (tertiary/aromatic N) is 3. The second-order valence-corrected chi connectivity index (χ2v) is 6.27. The Morgan fingerprint density at radius 2 is 2.14 bits per heavy atom. The first-order valence-electron chi connectivity index (χ1n) is 6.19. The summed E-state index contributed by atoms with van der Waals surface area (Å²) in [7, 11) is -2.52. The van der Waals surface area contributed by atoms with Crippen LogP contribution >= 0.6 is 0 Å². The largest absolute Gasteiger partial charge is 0.370 e. The van der Waals surface area contributed by atoms with E-state index in [9.17, 15) is 18.5 Å². The number of H-pyrrole nitrogens is 1. The van der Waals surface area contributed by atoms with Crippen LogP contribution in [0.2, 0.25) is 0 Å². The number of nitrogens with one attached hydrogen (secondary N) is 3. The van der Waals surface area contributed by atoms with Crippen LogP contribution < -0.4 is 10.0 Å². The maximum atomic E-state index is 11.7. The molecule has 11 heteroatoms. The van der Waals surface area contributed by atoms with Crippen LogP contribution in [-0.4, -0.2) is 35.6 Å². The normalized spacial score (nSPS) is 12.8. The molecule has 118 valence electrons. The molecule has 0 fully saturated rings. The molecule has 0 spiro atoms. The summed E-state index contributed by atoms with van der Waals surface area (Å²) in [5, 5.41) is 20.4. The third-order valence-electron chi connectivity index (χ3n) is 2.96. The number of benzene rings is 1. The molecular formula is C11H14N6O4S. The number of hydrogen-bond acceptors (Lipinski definition) is 7. The van der Waals surface area contributed by atoms with E-state index < -0.39 is 14.9 Å². The molecule has 1 heterocycles. The Morgan fingerprint density at radius 1 is 1.41 bits per heavy atom. The van der Waals surface area contributed by atoms with Crippen molar-refractivity contribution in [3.63, 3.8) is 0 Å². The van der Waals surface area contributed by atoms with Crippen LogP contribution in [0.4, 0.5) is 11.4 Å². The van der Waals surface area contributed by atoms with Gasteiger partial charge in [-0.1, -0.05) is 0 Å². The standard InChI is InChI=1S/C11H14N6O4S/c1-7(11-13-6-14-16-11)15-9-4-3-8(22(20,21)12-2)5-10(9)17(18)19/h3-7,12,15H,1-2H3,(H,13,14,16). The molecule has 10 nitrogen and oxygen atoms in total. The summed E-state index contributed by atoms with van der Waals surface area (Å²) < 4.78 is 25.5. The van der Waals surface area contributed by atoms with Crippen LogP contribution in [0.5, 0.6) is 0 Å². The molecule has 2 aromatic rings. The van der Waals surface area contributed by atoms with Gasteiger partial charge >= 0.3 is 0 Å². The van der Waals surface area contributed by atoms with E-state index in [4.69, 9.17) is 0 Å². The van der Waals surface area contributed by atoms with Gasteiger partial charge in [-0.15, -0.1) is 0 Å². The molecule has 2 rings (SSSR count). The van der Waals surface area contributed by atoms with Crippen molar-refractivity contribution in [2.45, 2.75) is 17.9 Å². The number of anilines is 1. The van der Waals surface area contributed by atoms with Crippen LogP contribution in [0, 0.1) is 10.1 Å². The van der Waals surface area contributed by atoms with Gasteiger partial charge in [0.15, 0.2) is 0 Å². The summed E-state index contributed by atoms with van der Waals surface area (Å²) in [5.74, 6) is 0.501. The van der Waals surface area contributed by atoms with Gasteiger partial charge < -0.3 is 5.32 Å². The lowest BCUT2D eigenvalue weighted by Crippen LogP contribution is -2.19. The quantitative estimate of drug-likeness (QED) is 0.526. The molecule has 0 aliphatic rings. The maximum Gasteiger partial charge on any atom is 0.293 e. The van der Waals surface area contributed by atoms with Crippen molar-refractivity contribution in [3.05, 3.63) is 40.5 Å². The molecule has 0 aliphatic carbocycles. The Bertz CT molecular complexity index is 774. The summed E-state index contributed by atoms with van der Waals surface area (Å²) in [6.45, 7) is 1.74. The highest BCUT2D eigenvalue weighted by molar-refractivity contribution is 7.89. The van der Waals surface area contributed by atoms with Gasteiger partial charge in [-0.25, -0.2) is 18.1 Å². The highest BCUT2D eigenvalue weighted by Gasteiger charge is 2.22. The summed E-state index contributed by atoms with van der Waals surface area (Å²) in [6.07, 6.45) is 1.32. The van der Waals surface area contributed by atoms with Crippen LogP contribution in [-0.2, 0) is 10.0 Å². The Balaban J connectivity index is 2.38. The molecule has 0 amide bonds. The van der Waals surface area contributed by atoms with Gasteiger partial charge in [-0.2, -0.15) is 5.10 Å². The highest BCUT2D eigenvalue weighted by Crippen LogP contribution is 2.29. The second kappa shape index (κ2) is 6.07. The van der Waals surface area contributed by atoms with Gasteiger partial charge in [0.05, 0.1) is 15.9 Å². The van der Waals surface area contributed by atoms with Crippen LogP contribution in [0.3, 0.4) is 0 Å². The first-order chi connectivity index (χ1) is 10.3. The smallest absolute Gasteiger partial charge is 0.293 e. The van der Waals surface area contributed by atoms with Gasteiger partial charge in [-0.05, 0) is 26.1 Å². The molecular weight excluding hydrogens is 312 g/mol. The van der Waals surface area contributed by atoms with E-state index >= 15 is 0 Å². The monoisotopic (exact) mass is 326 g/mol. The van der Waals surface area contributed by atoms with Crippen molar-refractivity contribution in [1.29, 1.82) is 0 Å². The van der Waals surface area contributed by atoms with Crippen molar-refractivity contribution < 1.29 is 13.3 Å². The minimum Gasteiger partial charge on any atom is -0.370 e. The van der Waals surface area contributed by atoms with E-state index in [1.165, 1.54) is 25.5 Å². The van der Waals surface area contributed by atoms with E-state index in [0.29, 0.717) is 5.82 Å². The summed E-state index contributed by atoms with van der Waals surface area (Å²) in [4.78, 5) is 14.3. The molecule has 3 N–H and O–H groups in total. The van der Waals surface area contributed by atoms with Gasteiger partial charge in [0.1, 0.15) is 17.8 Å². The number of nitro benzene ring substituents is 1. The number of rotatable bonds is 6. The summed E-state index contributed by atoms with van der Waals surface area (Å²) in [6, 6.07) is 3.26. The van der Waals surface area contributed by atoms with E-state index in [1.807, 2.05) is 0 Å². The second-order valence-electron chi connectivity index (χ2n) is 4.38. The third-order valence-corrected chi connectivity index (χ3v) is 4.37. The van der Waals surface area contributed by atoms with Crippen molar-refractivity contribution in [3.8, 4) is 0 Å². The van der Waals surface area contributed by atoms with Crippen molar-refractivity contribution in [2.75, 3.05) is 12.4 Å². The van der Waals surface area contributed by atoms with Crippen molar-refractivity contribution in [2.24, 2.45) is 0 Å². The van der Waals surface area contributed by atoms with Crippen LogP contribution in [0.25, 0.3) is 0 Å². The van der Waals surface area contributed by atoms with Gasteiger partial charge in [-0.3, -0.25) is 15.2 Å². The zero-order valence-electron chi connectivity index (χ0n) is 11.8. The first-order valence-corrected chi connectivity index (χ1v) is 7.67. The Kier molecular flexibility index (Phi) is 4.37.